The van der Waals surface area contributed by atoms with E-state index in [-0.39, 0.29) is 30.4 Å². The Hall–Kier alpha value is -0.670. The highest BCUT2D eigenvalue weighted by Gasteiger charge is 2.20. The molecular weight excluding hydrogens is 1140 g/mol. The molecule has 1 fully saturated rings. The molecule has 0 aromatic rings. The molecule has 1 rings (SSSR count). The predicted molar refractivity (Wildman–Crippen MR) is 393 cm³/mol. The normalized spacial score (nSPS) is 15.0. The lowest BCUT2D eigenvalue weighted by Gasteiger charge is -2.34. The number of nitrogens with zero attached hydrogens (tertiary/aromatic N) is 4. The zero-order chi connectivity index (χ0) is 64.4. The van der Waals surface area contributed by atoms with Crippen LogP contribution in [0.4, 0.5) is 0 Å². The number of unbranched alkanes of at least 4 members (excludes halogenated alkanes) is 36. The third-order valence-corrected chi connectivity index (χ3v) is 21.0. The van der Waals surface area contributed by atoms with Crippen LogP contribution in [0.25, 0.3) is 0 Å². The number of piperazine rings is 1. The fraction of sp³-hybridized carbons (Fsp3) is 0.935. The molecule has 1 aliphatic heterocycles. The van der Waals surface area contributed by atoms with Crippen molar-refractivity contribution in [3.8, 4) is 0 Å². The van der Waals surface area contributed by atoms with Gasteiger partial charge in [0.2, 0.25) is 0 Å². The third kappa shape index (κ3) is 61.9. The molecule has 1 heterocycles. The number of carbonyl (C=O) groups excluding carboxylic acids is 1. The monoisotopic (exact) mass is 1290 g/mol. The summed E-state index contributed by atoms with van der Waals surface area (Å²) >= 11 is 0. The summed E-state index contributed by atoms with van der Waals surface area (Å²) < 4.78 is 5.73. The molecule has 4 N–H and O–H groups in total. The maximum absolute atomic E-state index is 12.8. The van der Waals surface area contributed by atoms with Gasteiger partial charge in [-0.2, -0.15) is 0 Å². The molecule has 0 aliphatic carbocycles. The van der Waals surface area contributed by atoms with Crippen molar-refractivity contribution in [1.29, 1.82) is 0 Å². The predicted octanol–water partition coefficient (Wildman–Crippen LogP) is 19.9. The lowest BCUT2D eigenvalue weighted by molar-refractivity contribution is -0.144. The van der Waals surface area contributed by atoms with Crippen LogP contribution in [0.1, 0.15) is 342 Å². The van der Waals surface area contributed by atoms with E-state index in [1.165, 1.54) is 231 Å². The maximum atomic E-state index is 12.8. The third-order valence-electron chi connectivity index (χ3n) is 18.5. The Morgan fingerprint density at radius 3 is 1.01 bits per heavy atom. The van der Waals surface area contributed by atoms with Gasteiger partial charge in [-0.05, 0) is 116 Å². The smallest absolute Gasteiger partial charge is 0.305 e. The minimum Gasteiger partial charge on any atom is -0.464 e. The highest BCUT2D eigenvalue weighted by atomic mass is 33.1. The van der Waals surface area contributed by atoms with Crippen molar-refractivity contribution in [2.75, 3.05) is 96.6 Å². The summed E-state index contributed by atoms with van der Waals surface area (Å²) in [7, 11) is 3.99. The Kier molecular flexibility index (Phi) is 66.7. The van der Waals surface area contributed by atoms with E-state index in [1.807, 2.05) is 21.6 Å². The van der Waals surface area contributed by atoms with Crippen molar-refractivity contribution in [1.82, 2.24) is 19.6 Å². The molecule has 0 radical (unpaired) electrons. The van der Waals surface area contributed by atoms with Gasteiger partial charge in [0.05, 0.1) is 24.4 Å². The number of rotatable bonds is 71. The molecule has 528 valence electrons. The van der Waals surface area contributed by atoms with Crippen molar-refractivity contribution in [3.05, 3.63) is 24.3 Å². The zero-order valence-corrected chi connectivity index (χ0v) is 61.2. The number of hydrogen-bond donors (Lipinski definition) is 4. The lowest BCUT2D eigenvalue weighted by Crippen LogP contribution is -2.47. The molecule has 4 atom stereocenters. The van der Waals surface area contributed by atoms with E-state index >= 15 is 0 Å². The summed E-state index contributed by atoms with van der Waals surface area (Å²) in [6.45, 7) is 19.8. The van der Waals surface area contributed by atoms with Crippen LogP contribution < -0.4 is 0 Å². The molecule has 1 aliphatic rings. The second-order valence-electron chi connectivity index (χ2n) is 27.4. The van der Waals surface area contributed by atoms with E-state index in [9.17, 15) is 25.2 Å². The van der Waals surface area contributed by atoms with Crippen LogP contribution in [0, 0.1) is 0 Å². The zero-order valence-electron chi connectivity index (χ0n) is 59.6. The van der Waals surface area contributed by atoms with E-state index in [2.05, 4.69) is 71.6 Å². The van der Waals surface area contributed by atoms with Gasteiger partial charge in [-0.3, -0.25) is 24.4 Å². The molecule has 89 heavy (non-hydrogen) atoms. The Bertz CT molecular complexity index is 1420. The Morgan fingerprint density at radius 2 is 0.663 bits per heavy atom. The maximum Gasteiger partial charge on any atom is 0.305 e. The lowest BCUT2D eigenvalue weighted by atomic mass is 10.0. The van der Waals surface area contributed by atoms with E-state index < -0.39 is 0 Å². The average molecular weight is 1290 g/mol. The summed E-state index contributed by atoms with van der Waals surface area (Å²) in [6, 6.07) is 0. The fourth-order valence-corrected chi connectivity index (χ4v) is 14.8. The Morgan fingerprint density at radius 1 is 0.371 bits per heavy atom. The van der Waals surface area contributed by atoms with E-state index in [0.717, 1.165) is 141 Å². The molecular formula is C77H152N4O6S2. The molecule has 4 unspecified atom stereocenters. The molecule has 0 amide bonds. The van der Waals surface area contributed by atoms with Crippen LogP contribution >= 0.6 is 21.6 Å². The standard InChI is InChI=1S/C77H152N4O6S2/c1-5-9-13-17-21-25-27-29-31-33-35-39-43-47-55-75(84)71-81(72-76(85)56-48-44-40-36-34-32-30-28-26-22-18-14-10-6-2)59-51-52-67-88-89-68-65-79-62-60-78(61-63-79)64-66-87-77(86)57-49-50-58-80(69-73(82)53-45-41-37-23-19-15-11-7-3)70-74(83)54-46-42-38-24-20-16-12-8-4/h29-32,73-76,82-85H,5-28,33-72H2,1-4H3/b31-29-,32-30-. The summed E-state index contributed by atoms with van der Waals surface area (Å²) in [5.74, 6) is 2.14. The minimum absolute atomic E-state index is 0.114. The van der Waals surface area contributed by atoms with E-state index in [1.54, 1.807) is 0 Å². The van der Waals surface area contributed by atoms with Gasteiger partial charge >= 0.3 is 5.97 Å². The molecule has 12 heteroatoms. The van der Waals surface area contributed by atoms with Gasteiger partial charge in [-0.25, -0.2) is 0 Å². The molecule has 0 bridgehead atoms. The molecule has 0 saturated carbocycles. The van der Waals surface area contributed by atoms with Gasteiger partial charge in [0.25, 0.3) is 0 Å². The number of esters is 1. The minimum atomic E-state index is -0.376. The number of carbonyl (C=O) groups is 1. The quantitative estimate of drug-likeness (QED) is 0.0201. The van der Waals surface area contributed by atoms with Crippen LogP contribution in [0.2, 0.25) is 0 Å². The number of allylic oxidation sites excluding steroid dienone is 4. The molecule has 1 saturated heterocycles. The van der Waals surface area contributed by atoms with Gasteiger partial charge < -0.3 is 25.2 Å². The second kappa shape index (κ2) is 68.7. The fourth-order valence-electron chi connectivity index (χ4n) is 12.6. The van der Waals surface area contributed by atoms with Gasteiger partial charge in [0.15, 0.2) is 0 Å². The first-order valence-electron chi connectivity index (χ1n) is 39.0. The van der Waals surface area contributed by atoms with Crippen molar-refractivity contribution in [2.24, 2.45) is 0 Å². The second-order valence-corrected chi connectivity index (χ2v) is 30.1. The molecule has 0 spiro atoms. The number of hydrogen-bond acceptors (Lipinski definition) is 12. The van der Waals surface area contributed by atoms with Gasteiger partial charge in [-0.1, -0.05) is 279 Å². The molecule has 0 aromatic carbocycles. The van der Waals surface area contributed by atoms with Crippen molar-refractivity contribution < 1.29 is 30.0 Å². The number of aliphatic hydroxyl groups excluding tert-OH is 4. The molecule has 0 aromatic heterocycles. The van der Waals surface area contributed by atoms with Crippen LogP contribution in [-0.4, -0.2) is 167 Å². The van der Waals surface area contributed by atoms with Crippen LogP contribution in [0.15, 0.2) is 24.3 Å². The summed E-state index contributed by atoms with van der Waals surface area (Å²) in [6.07, 6.45) is 66.6. The van der Waals surface area contributed by atoms with Gasteiger partial charge in [-0.15, -0.1) is 0 Å². The Balaban J connectivity index is 2.38. The number of ether oxygens (including phenoxy) is 1. The van der Waals surface area contributed by atoms with Crippen molar-refractivity contribution >= 4 is 27.6 Å². The largest absolute Gasteiger partial charge is 0.464 e. The van der Waals surface area contributed by atoms with Gasteiger partial charge in [0, 0.05) is 83.4 Å². The summed E-state index contributed by atoms with van der Waals surface area (Å²) in [4.78, 5) is 22.4. The number of aliphatic hydroxyl groups is 4. The summed E-state index contributed by atoms with van der Waals surface area (Å²) in [5.41, 5.74) is 0. The van der Waals surface area contributed by atoms with Crippen molar-refractivity contribution in [3.63, 3.8) is 0 Å². The summed E-state index contributed by atoms with van der Waals surface area (Å²) in [5, 5.41) is 44.4. The van der Waals surface area contributed by atoms with Crippen LogP contribution in [0.3, 0.4) is 0 Å². The first-order valence-corrected chi connectivity index (χ1v) is 41.5. The SMILES string of the molecule is CCCCCCCC/C=C\CCCCCCC(O)CN(CCCCSSCCN1CCN(CCOC(=O)CCCCN(CC(O)CCCCCCCCCC)CC(O)CCCCCCCCCC)CC1)CC(O)CCCCCC/C=C\CCCCCCCC. The first kappa shape index (κ1) is 86.3. The highest BCUT2D eigenvalue weighted by Crippen LogP contribution is 2.24. The first-order chi connectivity index (χ1) is 43.7. The van der Waals surface area contributed by atoms with Crippen LogP contribution in [0.5, 0.6) is 0 Å². The molecule has 10 nitrogen and oxygen atoms in total. The van der Waals surface area contributed by atoms with E-state index in [4.69, 9.17) is 4.74 Å². The van der Waals surface area contributed by atoms with E-state index in [0.29, 0.717) is 39.2 Å². The highest BCUT2D eigenvalue weighted by molar-refractivity contribution is 8.76. The van der Waals surface area contributed by atoms with Crippen molar-refractivity contribution in [2.45, 2.75) is 367 Å². The Labute approximate surface area is 561 Å². The topological polar surface area (TPSA) is 120 Å². The van der Waals surface area contributed by atoms with Gasteiger partial charge in [0.1, 0.15) is 6.61 Å². The average Bonchev–Trinajstić information content (AvgIpc) is 3.67. The van der Waals surface area contributed by atoms with Crippen LogP contribution in [-0.2, 0) is 9.53 Å².